The van der Waals surface area contributed by atoms with Crippen LogP contribution in [-0.2, 0) is 38.7 Å². The molecule has 2 atom stereocenters. The first-order valence-corrected chi connectivity index (χ1v) is 24.7. The van der Waals surface area contributed by atoms with Crippen LogP contribution in [0.1, 0.15) is 84.7 Å². The monoisotopic (exact) mass is 976 g/mol. The summed E-state index contributed by atoms with van der Waals surface area (Å²) in [7, 11) is 0. The van der Waals surface area contributed by atoms with E-state index in [1.54, 1.807) is 28.9 Å². The van der Waals surface area contributed by atoms with Gasteiger partial charge >= 0.3 is 0 Å². The number of benzene rings is 3. The molecular weight excluding hydrogens is 926 g/mol. The predicted octanol–water partition coefficient (Wildman–Crippen LogP) is 5.77. The number of rotatable bonds is 11. The molecule has 8 heterocycles. The molecular formula is C50H51F3N10O6S. The standard InChI is InChI=1S/C50H51F3N10O6S/c51-35-21-30(20-33-34(35)25-63(47(33)68)44(46(67)58-48-54-13-19-70-48)42-39-2-1-14-61(39)28-55-42)29-3-5-32(6-4-29)62-26-49(27-62)9-15-59(16-10-49)41(65)24-50(69)11-17-60(18-12-50)43-36(52)22-31(23-37(43)53)56-38-7-8-40(64)57-45(38)66/h3-6,13,19-23,28,38,44,56,69H,1-2,7-12,14-18,24-27H2,(H,54,58,67)(H,57,64,66). The number of carbonyl (C=O) groups is 5. The van der Waals surface area contributed by atoms with Gasteiger partial charge < -0.3 is 34.6 Å². The lowest BCUT2D eigenvalue weighted by Crippen LogP contribution is -2.61. The Hall–Kier alpha value is -6.80. The Morgan fingerprint density at radius 3 is 2.31 bits per heavy atom. The second-order valence-corrected chi connectivity index (χ2v) is 20.5. The smallest absolute Gasteiger partial charge is 0.255 e. The van der Waals surface area contributed by atoms with Gasteiger partial charge in [0.2, 0.25) is 17.7 Å². The lowest BCUT2D eigenvalue weighted by atomic mass is 9.71. The van der Waals surface area contributed by atoms with Crippen LogP contribution in [0.15, 0.2) is 66.4 Å². The second kappa shape index (κ2) is 17.9. The molecule has 20 heteroatoms. The number of imidazole rings is 1. The van der Waals surface area contributed by atoms with Crippen LogP contribution in [0.2, 0.25) is 0 Å². The van der Waals surface area contributed by atoms with Gasteiger partial charge in [0.05, 0.1) is 30.6 Å². The first kappa shape index (κ1) is 45.6. The number of nitrogens with one attached hydrogen (secondary N) is 3. The minimum Gasteiger partial charge on any atom is -0.389 e. The maximum atomic E-state index is 16.0. The van der Waals surface area contributed by atoms with Gasteiger partial charge in [0.15, 0.2) is 22.8 Å². The van der Waals surface area contributed by atoms with Gasteiger partial charge in [0.1, 0.15) is 17.5 Å². The Bertz CT molecular complexity index is 2880. The second-order valence-electron chi connectivity index (χ2n) is 19.6. The van der Waals surface area contributed by atoms with Gasteiger partial charge in [-0.2, -0.15) is 0 Å². The highest BCUT2D eigenvalue weighted by atomic mass is 32.1. The highest BCUT2D eigenvalue weighted by Crippen LogP contribution is 2.44. The maximum Gasteiger partial charge on any atom is 0.255 e. The molecule has 4 fully saturated rings. The summed E-state index contributed by atoms with van der Waals surface area (Å²) in [6.07, 6.45) is 7.08. The summed E-state index contributed by atoms with van der Waals surface area (Å²) in [5.41, 5.74) is 2.71. The lowest BCUT2D eigenvalue weighted by Gasteiger charge is -2.55. The highest BCUT2D eigenvalue weighted by molar-refractivity contribution is 7.13. The van der Waals surface area contributed by atoms with Crippen molar-refractivity contribution in [2.24, 2.45) is 5.41 Å². The molecule has 2 unspecified atom stereocenters. The van der Waals surface area contributed by atoms with E-state index in [2.05, 4.69) is 30.8 Å². The van der Waals surface area contributed by atoms with Crippen LogP contribution in [0.4, 0.5) is 35.4 Å². The molecule has 0 bridgehead atoms. The Labute approximate surface area is 404 Å². The minimum atomic E-state index is -1.31. The Kier molecular flexibility index (Phi) is 11.6. The third-order valence-electron chi connectivity index (χ3n) is 15.2. The average Bonchev–Trinajstić information content (AvgIpc) is 4.15. The first-order valence-electron chi connectivity index (χ1n) is 23.8. The number of likely N-dealkylation sites (tertiary alicyclic amines) is 1. The molecule has 11 rings (SSSR count). The average molecular weight is 977 g/mol. The summed E-state index contributed by atoms with van der Waals surface area (Å²) in [5, 5.41) is 21.5. The number of aromatic nitrogens is 3. The number of nitrogens with zero attached hydrogens (tertiary/aromatic N) is 7. The molecule has 3 aromatic carbocycles. The number of thiazole rings is 1. The van der Waals surface area contributed by atoms with E-state index in [0.717, 1.165) is 74.4 Å². The summed E-state index contributed by atoms with van der Waals surface area (Å²) < 4.78 is 48.6. The number of hydrogen-bond acceptors (Lipinski definition) is 12. The van der Waals surface area contributed by atoms with Crippen molar-refractivity contribution >= 4 is 63.1 Å². The number of hydrogen-bond donors (Lipinski definition) is 4. The summed E-state index contributed by atoms with van der Waals surface area (Å²) in [4.78, 5) is 81.0. The van der Waals surface area contributed by atoms with Gasteiger partial charge in [-0.3, -0.25) is 34.6 Å². The van der Waals surface area contributed by atoms with E-state index >= 15 is 13.2 Å². The summed E-state index contributed by atoms with van der Waals surface area (Å²) in [5.74, 6) is -4.15. The number of amides is 5. The molecule has 70 heavy (non-hydrogen) atoms. The van der Waals surface area contributed by atoms with Crippen molar-refractivity contribution < 1.29 is 42.3 Å². The van der Waals surface area contributed by atoms with Crippen LogP contribution >= 0.6 is 11.3 Å². The summed E-state index contributed by atoms with van der Waals surface area (Å²) >= 11 is 1.26. The quantitative estimate of drug-likeness (QED) is 0.118. The predicted molar refractivity (Wildman–Crippen MR) is 253 cm³/mol. The number of fused-ring (bicyclic) bond motifs is 2. The van der Waals surface area contributed by atoms with Crippen LogP contribution in [0.25, 0.3) is 11.1 Å². The van der Waals surface area contributed by atoms with Crippen LogP contribution in [0.5, 0.6) is 0 Å². The number of aryl methyl sites for hydroxylation is 1. The van der Waals surface area contributed by atoms with E-state index in [9.17, 15) is 29.1 Å². The molecule has 6 aliphatic rings. The largest absolute Gasteiger partial charge is 0.389 e. The normalized spacial score (nSPS) is 20.8. The van der Waals surface area contributed by atoms with Gasteiger partial charge in [-0.15, -0.1) is 11.3 Å². The highest BCUT2D eigenvalue weighted by Gasteiger charge is 2.47. The van der Waals surface area contributed by atoms with Crippen LogP contribution in [0.3, 0.4) is 0 Å². The van der Waals surface area contributed by atoms with E-state index in [4.69, 9.17) is 0 Å². The maximum absolute atomic E-state index is 16.0. The van der Waals surface area contributed by atoms with Crippen molar-refractivity contribution in [1.29, 1.82) is 0 Å². The van der Waals surface area contributed by atoms with Crippen molar-refractivity contribution in [2.75, 3.05) is 59.7 Å². The van der Waals surface area contributed by atoms with E-state index in [0.29, 0.717) is 29.5 Å². The molecule has 364 valence electrons. The number of halogens is 3. The van der Waals surface area contributed by atoms with E-state index < -0.39 is 58.8 Å². The third-order valence-corrected chi connectivity index (χ3v) is 15.9. The van der Waals surface area contributed by atoms with Gasteiger partial charge in [-0.1, -0.05) is 12.1 Å². The fraction of sp³-hybridized carbons (Fsp3) is 0.420. The van der Waals surface area contributed by atoms with E-state index in [1.807, 2.05) is 28.8 Å². The Balaban J connectivity index is 0.673. The number of carbonyl (C=O) groups excluding carboxylic acids is 5. The molecule has 0 saturated carbocycles. The Morgan fingerprint density at radius 1 is 0.871 bits per heavy atom. The topological polar surface area (TPSA) is 185 Å². The summed E-state index contributed by atoms with van der Waals surface area (Å²) in [6, 6.07) is 11.3. The van der Waals surface area contributed by atoms with E-state index in [1.165, 1.54) is 27.2 Å². The summed E-state index contributed by atoms with van der Waals surface area (Å²) in [6.45, 7) is 3.73. The molecule has 16 nitrogen and oxygen atoms in total. The van der Waals surface area contributed by atoms with Crippen molar-refractivity contribution in [3.8, 4) is 11.1 Å². The zero-order valence-electron chi connectivity index (χ0n) is 38.2. The number of anilines is 4. The molecule has 2 aromatic heterocycles. The van der Waals surface area contributed by atoms with Crippen LogP contribution in [0, 0.1) is 22.9 Å². The van der Waals surface area contributed by atoms with Gasteiger partial charge in [-0.25, -0.2) is 23.1 Å². The molecule has 5 amide bonds. The number of aliphatic hydroxyl groups is 1. The molecule has 4 N–H and O–H groups in total. The van der Waals surface area contributed by atoms with E-state index in [-0.39, 0.29) is 85.6 Å². The molecule has 0 aliphatic carbocycles. The number of imide groups is 1. The van der Waals surface area contributed by atoms with Crippen molar-refractivity contribution in [3.05, 3.63) is 106 Å². The number of piperidine rings is 3. The fourth-order valence-corrected chi connectivity index (χ4v) is 11.8. The minimum absolute atomic E-state index is 0.0415. The van der Waals surface area contributed by atoms with Gasteiger partial charge in [0.25, 0.3) is 11.8 Å². The zero-order valence-corrected chi connectivity index (χ0v) is 39.0. The first-order chi connectivity index (χ1) is 33.7. The fourth-order valence-electron chi connectivity index (χ4n) is 11.2. The SMILES string of the molecule is O=C1CCC(Nc2cc(F)c(N3CCC(O)(CC(=O)N4CCC5(CC4)CN(c4ccc(-c6cc(F)c7c(c6)C(=O)N(C(C(=O)Nc6nccs6)c6ncn8c6CCC8)C7)cc4)C5)CC3)c(F)c2)C(=O)N1. The third kappa shape index (κ3) is 8.54. The van der Waals surface area contributed by atoms with Crippen LogP contribution < -0.4 is 25.8 Å². The van der Waals surface area contributed by atoms with Gasteiger partial charge in [0, 0.05) is 97.4 Å². The molecule has 1 spiro atoms. The molecule has 5 aromatic rings. The Morgan fingerprint density at radius 2 is 1.61 bits per heavy atom. The molecule has 6 aliphatic heterocycles. The van der Waals surface area contributed by atoms with Gasteiger partial charge in [-0.05, 0) is 92.5 Å². The van der Waals surface area contributed by atoms with Crippen LogP contribution in [-0.4, -0.2) is 110 Å². The van der Waals surface area contributed by atoms with Crippen molar-refractivity contribution in [2.45, 2.75) is 88.6 Å². The van der Waals surface area contributed by atoms with Crippen molar-refractivity contribution in [1.82, 2.24) is 29.7 Å². The molecule has 0 radical (unpaired) electrons. The van der Waals surface area contributed by atoms with Crippen molar-refractivity contribution in [3.63, 3.8) is 0 Å². The molecule has 4 saturated heterocycles. The zero-order chi connectivity index (χ0) is 48.5. The lowest BCUT2D eigenvalue weighted by molar-refractivity contribution is -0.140.